The molecule has 9 heavy (non-hydrogen) atoms. The normalized spacial score (nSPS) is 22.6. The molecular formula is C6H7AlO2. The largest absolute Gasteiger partial charge is 0.398 e. The van der Waals surface area contributed by atoms with Crippen molar-refractivity contribution in [2.24, 2.45) is 0 Å². The summed E-state index contributed by atoms with van der Waals surface area (Å²) in [7, 11) is 0. The first-order valence-corrected chi connectivity index (χ1v) is 3.75. The highest BCUT2D eigenvalue weighted by atomic mass is 27.0. The minimum absolute atomic E-state index is 0.0458. The van der Waals surface area contributed by atoms with Crippen LogP contribution in [0.3, 0.4) is 0 Å². The van der Waals surface area contributed by atoms with Gasteiger partial charge in [0.25, 0.3) is 16.3 Å². The molecule has 0 aromatic rings. The molecule has 0 heterocycles. The fraction of sp³-hybridized carbons (Fsp3) is 0.167. The molecule has 2 nitrogen and oxygen atoms in total. The Bertz CT molecular complexity index is 173. The third-order valence-corrected chi connectivity index (χ3v) is 1.84. The maximum absolute atomic E-state index is 10.5. The molecule has 3 heteroatoms. The highest BCUT2D eigenvalue weighted by molar-refractivity contribution is 6.19. The first-order valence-electron chi connectivity index (χ1n) is 2.75. The Balaban J connectivity index is 2.82. The number of ketones is 1. The van der Waals surface area contributed by atoms with E-state index in [1.165, 1.54) is 24.3 Å². The number of aliphatic hydroxyl groups is 1. The van der Waals surface area contributed by atoms with Crippen LogP contribution in [0.25, 0.3) is 0 Å². The molecule has 0 aromatic carbocycles. The van der Waals surface area contributed by atoms with Crippen LogP contribution in [0.2, 0.25) is 0 Å². The van der Waals surface area contributed by atoms with Gasteiger partial charge in [0.15, 0.2) is 5.78 Å². The minimum Gasteiger partial charge on any atom is -0.398 e. The van der Waals surface area contributed by atoms with Gasteiger partial charge in [0.2, 0.25) is 0 Å². The van der Waals surface area contributed by atoms with Crippen molar-refractivity contribution in [3.8, 4) is 0 Å². The third-order valence-electron chi connectivity index (χ3n) is 1.17. The summed E-state index contributed by atoms with van der Waals surface area (Å²) < 4.78 is -0.784. The maximum Gasteiger partial charge on any atom is 0.276 e. The lowest BCUT2D eigenvalue weighted by molar-refractivity contribution is -0.110. The van der Waals surface area contributed by atoms with E-state index in [1.54, 1.807) is 0 Å². The van der Waals surface area contributed by atoms with Crippen molar-refractivity contribution in [1.29, 1.82) is 0 Å². The second-order valence-electron chi connectivity index (χ2n) is 2.29. The van der Waals surface area contributed by atoms with Crippen LogP contribution >= 0.6 is 0 Å². The Morgan fingerprint density at radius 1 is 1.44 bits per heavy atom. The van der Waals surface area contributed by atoms with Gasteiger partial charge >= 0.3 is 0 Å². The van der Waals surface area contributed by atoms with Crippen molar-refractivity contribution < 1.29 is 9.90 Å². The monoisotopic (exact) mass is 138 g/mol. The van der Waals surface area contributed by atoms with Gasteiger partial charge in [0, 0.05) is 4.46 Å². The number of allylic oxidation sites excluding steroid dienone is 2. The predicted molar refractivity (Wildman–Crippen MR) is 36.8 cm³/mol. The van der Waals surface area contributed by atoms with Crippen molar-refractivity contribution in [2.45, 2.75) is 4.46 Å². The SMILES string of the molecule is O=C1C=C[C](O)([AlH2])C=C1. The van der Waals surface area contributed by atoms with Gasteiger partial charge in [-0.3, -0.25) is 4.79 Å². The zero-order chi connectivity index (χ0) is 6.91. The molecule has 46 valence electrons. The summed E-state index contributed by atoms with van der Waals surface area (Å²) in [6.07, 6.45) is 5.85. The number of carbonyl (C=O) groups is 1. The molecule has 0 spiro atoms. The smallest absolute Gasteiger partial charge is 0.276 e. The second-order valence-corrected chi connectivity index (χ2v) is 3.90. The van der Waals surface area contributed by atoms with Crippen molar-refractivity contribution in [1.82, 2.24) is 0 Å². The summed E-state index contributed by atoms with van der Waals surface area (Å²) in [5, 5.41) is 9.23. The van der Waals surface area contributed by atoms with Crippen LogP contribution in [0, 0.1) is 0 Å². The van der Waals surface area contributed by atoms with Crippen LogP contribution in [-0.4, -0.2) is 31.6 Å². The molecule has 0 fully saturated rings. The van der Waals surface area contributed by atoms with E-state index in [1.807, 2.05) is 0 Å². The van der Waals surface area contributed by atoms with E-state index in [0.29, 0.717) is 16.3 Å². The summed E-state index contributed by atoms with van der Waals surface area (Å²) in [5.74, 6) is -0.0458. The zero-order valence-electron chi connectivity index (χ0n) is 5.16. The summed E-state index contributed by atoms with van der Waals surface area (Å²) in [6, 6.07) is 0. The molecule has 0 bridgehead atoms. The van der Waals surface area contributed by atoms with Crippen LogP contribution in [-0.2, 0) is 4.79 Å². The van der Waals surface area contributed by atoms with Gasteiger partial charge in [-0.2, -0.15) is 0 Å². The molecule has 1 rings (SSSR count). The Kier molecular flexibility index (Phi) is 1.58. The molecule has 0 unspecified atom stereocenters. The van der Waals surface area contributed by atoms with Crippen LogP contribution in [0.5, 0.6) is 0 Å². The van der Waals surface area contributed by atoms with Crippen molar-refractivity contribution in [3.05, 3.63) is 24.3 Å². The first-order chi connectivity index (χ1) is 4.10. The molecule has 1 N–H and O–H groups in total. The Morgan fingerprint density at radius 3 is 2.22 bits per heavy atom. The highest BCUT2D eigenvalue weighted by Gasteiger charge is 2.14. The standard InChI is InChI=1S/C6H5O2.Al.2H/c7-5-1-2-6(8)4-3-5;;;/h1-4,7H;;;. The van der Waals surface area contributed by atoms with Gasteiger partial charge in [-0.25, -0.2) is 0 Å². The van der Waals surface area contributed by atoms with E-state index in [2.05, 4.69) is 0 Å². The number of carbonyl (C=O) groups excluding carboxylic acids is 1. The molecule has 0 saturated heterocycles. The molecule has 1 aliphatic rings. The van der Waals surface area contributed by atoms with Gasteiger partial charge in [0.05, 0.1) is 0 Å². The summed E-state index contributed by atoms with van der Waals surface area (Å²) in [5.41, 5.74) is 0. The first kappa shape index (κ1) is 6.76. The molecule has 0 aromatic heterocycles. The quantitative estimate of drug-likeness (QED) is 0.436. The van der Waals surface area contributed by atoms with E-state index in [4.69, 9.17) is 0 Å². The van der Waals surface area contributed by atoms with E-state index >= 15 is 0 Å². The van der Waals surface area contributed by atoms with Crippen LogP contribution in [0.4, 0.5) is 0 Å². The second kappa shape index (κ2) is 2.11. The Labute approximate surface area is 61.3 Å². The summed E-state index contributed by atoms with van der Waals surface area (Å²) >= 11 is 0.631. The minimum atomic E-state index is -0.784. The lowest BCUT2D eigenvalue weighted by Gasteiger charge is -2.15. The van der Waals surface area contributed by atoms with E-state index in [9.17, 15) is 9.90 Å². The van der Waals surface area contributed by atoms with Crippen molar-refractivity contribution in [3.63, 3.8) is 0 Å². The number of rotatable bonds is 0. The van der Waals surface area contributed by atoms with Crippen molar-refractivity contribution >= 4 is 22.1 Å². The predicted octanol–water partition coefficient (Wildman–Crippen LogP) is -0.997. The maximum atomic E-state index is 10.5. The van der Waals surface area contributed by atoms with Gasteiger partial charge in [-0.05, 0) is 12.2 Å². The topological polar surface area (TPSA) is 37.3 Å². The molecule has 0 radical (unpaired) electrons. The zero-order valence-corrected chi connectivity index (χ0v) is 7.16. The number of hydrogen-bond acceptors (Lipinski definition) is 2. The van der Waals surface area contributed by atoms with E-state index in [-0.39, 0.29) is 5.78 Å². The summed E-state index contributed by atoms with van der Waals surface area (Å²) in [6.45, 7) is 0. The molecule has 0 aliphatic heterocycles. The van der Waals surface area contributed by atoms with Gasteiger partial charge in [-0.1, -0.05) is 12.2 Å². The lowest BCUT2D eigenvalue weighted by Crippen LogP contribution is -2.25. The van der Waals surface area contributed by atoms with E-state index in [0.717, 1.165) is 0 Å². The van der Waals surface area contributed by atoms with Crippen molar-refractivity contribution in [2.75, 3.05) is 0 Å². The van der Waals surface area contributed by atoms with Gasteiger partial charge in [0.1, 0.15) is 0 Å². The molecule has 0 saturated carbocycles. The lowest BCUT2D eigenvalue weighted by atomic mass is 10.1. The fourth-order valence-corrected chi connectivity index (χ4v) is 0.946. The third kappa shape index (κ3) is 1.80. The van der Waals surface area contributed by atoms with Crippen LogP contribution in [0.15, 0.2) is 24.3 Å². The average Bonchev–Trinajstić information content (AvgIpc) is 1.78. The van der Waals surface area contributed by atoms with Crippen LogP contribution in [0.1, 0.15) is 0 Å². The molecule has 1 aliphatic carbocycles. The highest BCUT2D eigenvalue weighted by Crippen LogP contribution is 2.07. The van der Waals surface area contributed by atoms with Gasteiger partial charge < -0.3 is 5.11 Å². The van der Waals surface area contributed by atoms with Crippen LogP contribution < -0.4 is 0 Å². The molecular weight excluding hydrogens is 131 g/mol. The van der Waals surface area contributed by atoms with E-state index < -0.39 is 4.46 Å². The average molecular weight is 138 g/mol. The van der Waals surface area contributed by atoms with Gasteiger partial charge in [-0.15, -0.1) is 0 Å². The Hall–Kier alpha value is -0.358. The molecule has 0 atom stereocenters. The Morgan fingerprint density at radius 2 is 1.89 bits per heavy atom. The number of hydrogen-bond donors (Lipinski definition) is 1. The summed E-state index contributed by atoms with van der Waals surface area (Å²) in [4.78, 5) is 10.5. The fourth-order valence-electron chi connectivity index (χ4n) is 0.613. The molecule has 0 amide bonds.